The first-order valence-corrected chi connectivity index (χ1v) is 7.94. The first kappa shape index (κ1) is 15.1. The van der Waals surface area contributed by atoms with Gasteiger partial charge < -0.3 is 5.32 Å². The number of amides is 1. The lowest BCUT2D eigenvalue weighted by Crippen LogP contribution is -2.14. The van der Waals surface area contributed by atoms with Crippen LogP contribution >= 0.6 is 27.7 Å². The van der Waals surface area contributed by atoms with Crippen molar-refractivity contribution in [1.29, 1.82) is 0 Å². The number of rotatable bonds is 4. The Morgan fingerprint density at radius 2 is 2.00 bits per heavy atom. The summed E-state index contributed by atoms with van der Waals surface area (Å²) < 4.78 is 0.893. The summed E-state index contributed by atoms with van der Waals surface area (Å²) in [5.41, 5.74) is 3.05. The molecule has 0 aliphatic rings. The van der Waals surface area contributed by atoms with Gasteiger partial charge in [0.25, 0.3) is 0 Å². The Bertz CT molecular complexity index is 614. The van der Waals surface area contributed by atoms with Crippen molar-refractivity contribution in [2.24, 2.45) is 0 Å². The fraction of sp³-hybridized carbons (Fsp3) is 0.200. The van der Waals surface area contributed by atoms with Gasteiger partial charge in [-0.25, -0.2) is 4.98 Å². The van der Waals surface area contributed by atoms with E-state index in [1.54, 1.807) is 6.20 Å². The number of nitrogens with zero attached hydrogens (tertiary/aromatic N) is 1. The third kappa shape index (κ3) is 4.35. The van der Waals surface area contributed by atoms with Gasteiger partial charge in [-0.3, -0.25) is 4.79 Å². The number of aromatic nitrogens is 1. The Balaban J connectivity index is 1.90. The van der Waals surface area contributed by atoms with Crippen LogP contribution in [-0.4, -0.2) is 16.6 Å². The molecule has 104 valence electrons. The number of anilines is 1. The maximum absolute atomic E-state index is 11.9. The highest BCUT2D eigenvalue weighted by atomic mass is 79.9. The molecule has 0 bridgehead atoms. The van der Waals surface area contributed by atoms with E-state index >= 15 is 0 Å². The molecule has 0 unspecified atom stereocenters. The van der Waals surface area contributed by atoms with Crippen LogP contribution in [-0.2, 0) is 4.79 Å². The maximum atomic E-state index is 11.9. The van der Waals surface area contributed by atoms with Crippen LogP contribution in [0.5, 0.6) is 0 Å². The van der Waals surface area contributed by atoms with Crippen molar-refractivity contribution < 1.29 is 4.79 Å². The smallest absolute Gasteiger partial charge is 0.234 e. The Labute approximate surface area is 131 Å². The molecular formula is C15H15BrN2OS. The highest BCUT2D eigenvalue weighted by Crippen LogP contribution is 2.24. The number of nitrogens with one attached hydrogen (secondary N) is 1. The summed E-state index contributed by atoms with van der Waals surface area (Å²) in [5, 5.41) is 3.74. The van der Waals surface area contributed by atoms with Crippen molar-refractivity contribution in [3.63, 3.8) is 0 Å². The second-order valence-corrected chi connectivity index (χ2v) is 6.34. The Morgan fingerprint density at radius 1 is 1.25 bits per heavy atom. The second kappa shape index (κ2) is 6.90. The van der Waals surface area contributed by atoms with E-state index in [1.165, 1.54) is 11.8 Å². The van der Waals surface area contributed by atoms with Gasteiger partial charge in [0, 0.05) is 10.7 Å². The molecule has 1 heterocycles. The van der Waals surface area contributed by atoms with E-state index in [4.69, 9.17) is 0 Å². The van der Waals surface area contributed by atoms with E-state index < -0.39 is 0 Å². The number of benzene rings is 1. The maximum Gasteiger partial charge on any atom is 0.234 e. The van der Waals surface area contributed by atoms with E-state index in [2.05, 4.69) is 26.2 Å². The molecule has 0 atom stereocenters. The van der Waals surface area contributed by atoms with Crippen molar-refractivity contribution in [3.8, 4) is 0 Å². The summed E-state index contributed by atoms with van der Waals surface area (Å²) in [5.74, 6) is 0.304. The van der Waals surface area contributed by atoms with Crippen LogP contribution < -0.4 is 5.32 Å². The van der Waals surface area contributed by atoms with Crippen LogP contribution in [0, 0.1) is 13.8 Å². The third-order valence-electron chi connectivity index (χ3n) is 2.63. The Hall–Kier alpha value is -1.33. The molecule has 1 aromatic carbocycles. The van der Waals surface area contributed by atoms with Gasteiger partial charge >= 0.3 is 0 Å². The van der Waals surface area contributed by atoms with Crippen molar-refractivity contribution >= 4 is 39.3 Å². The standard InChI is InChI=1S/C15H15BrN2OS/c1-10-3-5-13(12(16)7-10)18-14(19)9-20-15-6-4-11(2)8-17-15/h3-8H,9H2,1-2H3,(H,18,19). The van der Waals surface area contributed by atoms with E-state index in [0.717, 1.165) is 26.3 Å². The van der Waals surface area contributed by atoms with Gasteiger partial charge in [0.15, 0.2) is 0 Å². The van der Waals surface area contributed by atoms with Crippen LogP contribution in [0.2, 0.25) is 0 Å². The van der Waals surface area contributed by atoms with Crippen molar-refractivity contribution in [1.82, 2.24) is 4.98 Å². The molecule has 1 N–H and O–H groups in total. The SMILES string of the molecule is Cc1ccc(SCC(=O)Nc2ccc(C)cc2Br)nc1. The number of carbonyl (C=O) groups is 1. The minimum absolute atomic E-state index is 0.0399. The second-order valence-electron chi connectivity index (χ2n) is 4.49. The first-order chi connectivity index (χ1) is 9.54. The highest BCUT2D eigenvalue weighted by Gasteiger charge is 2.07. The van der Waals surface area contributed by atoms with Crippen molar-refractivity contribution in [3.05, 3.63) is 52.1 Å². The molecule has 0 saturated heterocycles. The molecule has 0 aliphatic heterocycles. The van der Waals surface area contributed by atoms with Gasteiger partial charge in [-0.1, -0.05) is 23.9 Å². The predicted molar refractivity (Wildman–Crippen MR) is 87.2 cm³/mol. The fourth-order valence-corrected chi connectivity index (χ4v) is 2.82. The lowest BCUT2D eigenvalue weighted by atomic mass is 10.2. The molecular weight excluding hydrogens is 336 g/mol. The van der Waals surface area contributed by atoms with Gasteiger partial charge in [-0.15, -0.1) is 0 Å². The number of halogens is 1. The molecule has 0 spiro atoms. The van der Waals surface area contributed by atoms with Crippen LogP contribution in [0.4, 0.5) is 5.69 Å². The number of thioether (sulfide) groups is 1. The third-order valence-corrected chi connectivity index (χ3v) is 4.23. The van der Waals surface area contributed by atoms with Crippen molar-refractivity contribution in [2.45, 2.75) is 18.9 Å². The van der Waals surface area contributed by atoms with Crippen LogP contribution in [0.3, 0.4) is 0 Å². The summed E-state index contributed by atoms with van der Waals surface area (Å²) in [6, 6.07) is 9.75. The summed E-state index contributed by atoms with van der Waals surface area (Å²) in [6.07, 6.45) is 1.80. The number of hydrogen-bond donors (Lipinski definition) is 1. The zero-order valence-electron chi connectivity index (χ0n) is 11.3. The van der Waals surface area contributed by atoms with Gasteiger partial charge in [-0.2, -0.15) is 0 Å². The normalized spacial score (nSPS) is 10.3. The fourth-order valence-electron chi connectivity index (χ4n) is 1.59. The number of pyridine rings is 1. The molecule has 0 fully saturated rings. The molecule has 0 aliphatic carbocycles. The molecule has 1 aromatic heterocycles. The van der Waals surface area contributed by atoms with E-state index in [0.29, 0.717) is 5.75 Å². The first-order valence-electron chi connectivity index (χ1n) is 6.16. The monoisotopic (exact) mass is 350 g/mol. The quantitative estimate of drug-likeness (QED) is 0.840. The van der Waals surface area contributed by atoms with Gasteiger partial charge in [0.2, 0.25) is 5.91 Å². The lowest BCUT2D eigenvalue weighted by molar-refractivity contribution is -0.113. The Morgan fingerprint density at radius 3 is 2.65 bits per heavy atom. The van der Waals surface area contributed by atoms with E-state index in [1.807, 2.05) is 44.2 Å². The average Bonchev–Trinajstić information content (AvgIpc) is 2.41. The molecule has 1 amide bonds. The molecule has 2 aromatic rings. The molecule has 2 rings (SSSR count). The zero-order valence-corrected chi connectivity index (χ0v) is 13.7. The topological polar surface area (TPSA) is 42.0 Å². The Kier molecular flexibility index (Phi) is 5.20. The molecule has 20 heavy (non-hydrogen) atoms. The van der Waals surface area contributed by atoms with Crippen LogP contribution in [0.25, 0.3) is 0 Å². The van der Waals surface area contributed by atoms with Gasteiger partial charge in [-0.05, 0) is 59.1 Å². The zero-order chi connectivity index (χ0) is 14.5. The number of hydrogen-bond acceptors (Lipinski definition) is 3. The summed E-state index contributed by atoms with van der Waals surface area (Å²) in [7, 11) is 0. The molecule has 5 heteroatoms. The number of carbonyl (C=O) groups excluding carboxylic acids is 1. The average molecular weight is 351 g/mol. The van der Waals surface area contributed by atoms with Crippen molar-refractivity contribution in [2.75, 3.05) is 11.1 Å². The van der Waals surface area contributed by atoms with E-state index in [-0.39, 0.29) is 5.91 Å². The van der Waals surface area contributed by atoms with Gasteiger partial charge in [0.1, 0.15) is 0 Å². The van der Waals surface area contributed by atoms with Crippen LogP contribution in [0.15, 0.2) is 46.0 Å². The molecule has 0 radical (unpaired) electrons. The predicted octanol–water partition coefficient (Wildman–Crippen LogP) is 4.19. The van der Waals surface area contributed by atoms with E-state index in [9.17, 15) is 4.79 Å². The lowest BCUT2D eigenvalue weighted by Gasteiger charge is -2.08. The largest absolute Gasteiger partial charge is 0.324 e. The summed E-state index contributed by atoms with van der Waals surface area (Å²) in [4.78, 5) is 16.2. The summed E-state index contributed by atoms with van der Waals surface area (Å²) in [6.45, 7) is 4.00. The summed E-state index contributed by atoms with van der Waals surface area (Å²) >= 11 is 4.87. The van der Waals surface area contributed by atoms with Crippen LogP contribution in [0.1, 0.15) is 11.1 Å². The minimum atomic E-state index is -0.0399. The molecule has 0 saturated carbocycles. The molecule has 3 nitrogen and oxygen atoms in total. The minimum Gasteiger partial charge on any atom is -0.324 e. The van der Waals surface area contributed by atoms with Gasteiger partial charge in [0.05, 0.1) is 16.5 Å². The highest BCUT2D eigenvalue weighted by molar-refractivity contribution is 9.10. The number of aryl methyl sites for hydroxylation is 2.